The van der Waals surface area contributed by atoms with Gasteiger partial charge in [-0.2, -0.15) is 0 Å². The lowest BCUT2D eigenvalue weighted by Gasteiger charge is -2.31. The first kappa shape index (κ1) is 19.0. The van der Waals surface area contributed by atoms with Gasteiger partial charge in [-0.25, -0.2) is 0 Å². The number of nitrogens with zero attached hydrogens (tertiary/aromatic N) is 1. The van der Waals surface area contributed by atoms with Crippen molar-refractivity contribution >= 4 is 41.5 Å². The Hall–Kier alpha value is -1.30. The van der Waals surface area contributed by atoms with E-state index in [4.69, 9.17) is 11.6 Å². The minimum absolute atomic E-state index is 0. The molecule has 0 bridgehead atoms. The Bertz CT molecular complexity index is 614. The number of anilines is 1. The molecule has 0 radical (unpaired) electrons. The lowest BCUT2D eigenvalue weighted by Crippen LogP contribution is -2.48. The second-order valence-corrected chi connectivity index (χ2v) is 6.82. The zero-order valence-corrected chi connectivity index (χ0v) is 15.3. The number of rotatable bonds is 4. The van der Waals surface area contributed by atoms with Crippen molar-refractivity contribution in [2.45, 2.75) is 19.8 Å². The first-order valence-electron chi connectivity index (χ1n) is 8.16. The Labute approximate surface area is 153 Å². The molecule has 0 saturated carbocycles. The predicted octanol–water partition coefficient (Wildman–Crippen LogP) is 2.79. The van der Waals surface area contributed by atoms with Gasteiger partial charge in [-0.05, 0) is 50.0 Å². The average molecular weight is 372 g/mol. The summed E-state index contributed by atoms with van der Waals surface area (Å²) in [5, 5.41) is 6.60. The van der Waals surface area contributed by atoms with Crippen LogP contribution in [0.2, 0.25) is 5.02 Å². The minimum Gasteiger partial charge on any atom is -0.339 e. The van der Waals surface area contributed by atoms with Crippen LogP contribution in [-0.2, 0) is 4.79 Å². The van der Waals surface area contributed by atoms with Crippen molar-refractivity contribution in [2.75, 3.05) is 31.5 Å². The van der Waals surface area contributed by atoms with Crippen LogP contribution in [0.4, 0.5) is 5.69 Å². The second-order valence-electron chi connectivity index (χ2n) is 6.39. The van der Waals surface area contributed by atoms with Crippen LogP contribution in [0, 0.1) is 11.8 Å². The molecule has 24 heavy (non-hydrogen) atoms. The van der Waals surface area contributed by atoms with E-state index in [1.807, 2.05) is 11.8 Å². The van der Waals surface area contributed by atoms with Gasteiger partial charge >= 0.3 is 0 Å². The van der Waals surface area contributed by atoms with E-state index < -0.39 is 0 Å². The molecule has 2 N–H and O–H groups in total. The van der Waals surface area contributed by atoms with E-state index >= 15 is 0 Å². The first-order chi connectivity index (χ1) is 11.1. The summed E-state index contributed by atoms with van der Waals surface area (Å²) < 4.78 is 0. The van der Waals surface area contributed by atoms with Crippen LogP contribution in [0.5, 0.6) is 0 Å². The number of carbonyl (C=O) groups is 2. The van der Waals surface area contributed by atoms with E-state index in [2.05, 4.69) is 10.6 Å². The topological polar surface area (TPSA) is 61.4 Å². The third kappa shape index (κ3) is 4.02. The van der Waals surface area contributed by atoms with Crippen LogP contribution in [0.25, 0.3) is 0 Å². The number of halogens is 2. The maximum Gasteiger partial charge on any atom is 0.256 e. The van der Waals surface area contributed by atoms with Crippen LogP contribution in [0.1, 0.15) is 30.1 Å². The lowest BCUT2D eigenvalue weighted by atomic mass is 9.88. The normalized spacial score (nSPS) is 18.5. The SMILES string of the molecule is CC(C(=O)Nc1ccc(Cl)cc1C(=O)N1CCCC1)C1CNC1.Cl. The van der Waals surface area contributed by atoms with Gasteiger partial charge in [0.2, 0.25) is 5.91 Å². The number of hydrogen-bond acceptors (Lipinski definition) is 3. The van der Waals surface area contributed by atoms with Crippen molar-refractivity contribution in [1.82, 2.24) is 10.2 Å². The highest BCUT2D eigenvalue weighted by Crippen LogP contribution is 2.25. The monoisotopic (exact) mass is 371 g/mol. The van der Waals surface area contributed by atoms with Crippen LogP contribution < -0.4 is 10.6 Å². The molecular weight excluding hydrogens is 349 g/mol. The van der Waals surface area contributed by atoms with Gasteiger partial charge in [0.15, 0.2) is 0 Å². The van der Waals surface area contributed by atoms with Crippen molar-refractivity contribution in [2.24, 2.45) is 11.8 Å². The van der Waals surface area contributed by atoms with E-state index in [-0.39, 0.29) is 30.1 Å². The van der Waals surface area contributed by atoms with E-state index in [9.17, 15) is 9.59 Å². The number of carbonyl (C=O) groups excluding carboxylic acids is 2. The summed E-state index contributed by atoms with van der Waals surface area (Å²) in [4.78, 5) is 26.9. The van der Waals surface area contributed by atoms with Gasteiger partial charge in [0.1, 0.15) is 0 Å². The van der Waals surface area contributed by atoms with E-state index in [1.165, 1.54) is 0 Å². The number of benzene rings is 1. The van der Waals surface area contributed by atoms with Gasteiger partial charge in [-0.1, -0.05) is 18.5 Å². The zero-order chi connectivity index (χ0) is 16.4. The first-order valence-corrected chi connectivity index (χ1v) is 8.54. The van der Waals surface area contributed by atoms with Crippen LogP contribution >= 0.6 is 24.0 Å². The second kappa shape index (κ2) is 8.19. The van der Waals surface area contributed by atoms with Crippen molar-refractivity contribution < 1.29 is 9.59 Å². The fraction of sp³-hybridized carbons (Fsp3) is 0.529. The molecule has 1 unspecified atom stereocenters. The van der Waals surface area contributed by atoms with Gasteiger partial charge in [0.05, 0.1) is 11.3 Å². The molecule has 7 heteroatoms. The molecule has 1 aromatic rings. The fourth-order valence-electron chi connectivity index (χ4n) is 3.02. The van der Waals surface area contributed by atoms with Gasteiger partial charge in [-0.15, -0.1) is 12.4 Å². The highest BCUT2D eigenvalue weighted by molar-refractivity contribution is 6.31. The quantitative estimate of drug-likeness (QED) is 0.855. The molecule has 0 aliphatic carbocycles. The third-order valence-corrected chi connectivity index (χ3v) is 5.03. The van der Waals surface area contributed by atoms with E-state index in [1.54, 1.807) is 18.2 Å². The average Bonchev–Trinajstić information content (AvgIpc) is 3.00. The summed E-state index contributed by atoms with van der Waals surface area (Å²) in [5.41, 5.74) is 1.03. The van der Waals surface area contributed by atoms with E-state index in [0.29, 0.717) is 22.2 Å². The number of amides is 2. The Kier molecular flexibility index (Phi) is 6.49. The summed E-state index contributed by atoms with van der Waals surface area (Å²) in [7, 11) is 0. The molecule has 0 spiro atoms. The maximum atomic E-state index is 12.7. The molecule has 2 fully saturated rings. The molecule has 2 aliphatic heterocycles. The Balaban J connectivity index is 0.00000208. The van der Waals surface area contributed by atoms with Gasteiger partial charge in [-0.3, -0.25) is 9.59 Å². The van der Waals surface area contributed by atoms with Crippen LogP contribution in [0.3, 0.4) is 0 Å². The molecule has 0 aromatic heterocycles. The van der Waals surface area contributed by atoms with Crippen molar-refractivity contribution in [3.8, 4) is 0 Å². The highest BCUT2D eigenvalue weighted by atomic mass is 35.5. The third-order valence-electron chi connectivity index (χ3n) is 4.80. The summed E-state index contributed by atoms with van der Waals surface area (Å²) in [6.07, 6.45) is 2.05. The Morgan fingerprint density at radius 3 is 2.54 bits per heavy atom. The van der Waals surface area contributed by atoms with Gasteiger partial charge in [0.25, 0.3) is 5.91 Å². The van der Waals surface area contributed by atoms with Crippen LogP contribution in [-0.4, -0.2) is 42.9 Å². The molecule has 3 rings (SSSR count). The fourth-order valence-corrected chi connectivity index (χ4v) is 3.19. The van der Waals surface area contributed by atoms with Gasteiger partial charge < -0.3 is 15.5 Å². The molecule has 2 amide bonds. The summed E-state index contributed by atoms with van der Waals surface area (Å²) in [6, 6.07) is 5.07. The summed E-state index contributed by atoms with van der Waals surface area (Å²) in [5.74, 6) is 0.175. The van der Waals surface area contributed by atoms with Crippen molar-refractivity contribution in [3.05, 3.63) is 28.8 Å². The lowest BCUT2D eigenvalue weighted by molar-refractivity contribution is -0.121. The molecular formula is C17H23Cl2N3O2. The Morgan fingerprint density at radius 1 is 1.29 bits per heavy atom. The number of nitrogens with one attached hydrogen (secondary N) is 2. The molecule has 1 aromatic carbocycles. The smallest absolute Gasteiger partial charge is 0.256 e. The highest BCUT2D eigenvalue weighted by Gasteiger charge is 2.30. The molecule has 132 valence electrons. The largest absolute Gasteiger partial charge is 0.339 e. The van der Waals surface area contributed by atoms with E-state index in [0.717, 1.165) is 39.0 Å². The van der Waals surface area contributed by atoms with Crippen LogP contribution in [0.15, 0.2) is 18.2 Å². The van der Waals surface area contributed by atoms with Crippen molar-refractivity contribution in [3.63, 3.8) is 0 Å². The standard InChI is InChI=1S/C17H22ClN3O2.ClH/c1-11(12-9-19-10-12)16(22)20-15-5-4-13(18)8-14(15)17(23)21-6-2-3-7-21;/h4-5,8,11-12,19H,2-3,6-7,9-10H2,1H3,(H,20,22);1H. The molecule has 1 atom stereocenters. The summed E-state index contributed by atoms with van der Waals surface area (Å²) >= 11 is 6.06. The zero-order valence-electron chi connectivity index (χ0n) is 13.7. The molecule has 2 aliphatic rings. The predicted molar refractivity (Wildman–Crippen MR) is 98.0 cm³/mol. The maximum absolute atomic E-state index is 12.7. The molecule has 2 heterocycles. The van der Waals surface area contributed by atoms with Gasteiger partial charge in [0, 0.05) is 24.0 Å². The number of hydrogen-bond donors (Lipinski definition) is 2. The minimum atomic E-state index is -0.0818. The number of likely N-dealkylation sites (tertiary alicyclic amines) is 1. The Morgan fingerprint density at radius 2 is 1.96 bits per heavy atom. The van der Waals surface area contributed by atoms with Crippen molar-refractivity contribution in [1.29, 1.82) is 0 Å². The molecule has 2 saturated heterocycles. The summed E-state index contributed by atoms with van der Waals surface area (Å²) in [6.45, 7) is 5.20. The molecule has 5 nitrogen and oxygen atoms in total.